The molecule has 0 spiro atoms. The molecule has 2 aromatic carbocycles. The van der Waals surface area contributed by atoms with E-state index in [2.05, 4.69) is 20.0 Å². The van der Waals surface area contributed by atoms with E-state index in [0.717, 1.165) is 4.70 Å². The number of benzene rings is 2. The lowest BCUT2D eigenvalue weighted by Crippen LogP contribution is -2.22. The Hall–Kier alpha value is -4.26. The van der Waals surface area contributed by atoms with Crippen molar-refractivity contribution in [3.63, 3.8) is 0 Å². The van der Waals surface area contributed by atoms with Crippen LogP contribution < -0.4 is 21.2 Å². The second-order valence-corrected chi connectivity index (χ2v) is 8.96. The van der Waals surface area contributed by atoms with Crippen molar-refractivity contribution in [2.24, 2.45) is 0 Å². The van der Waals surface area contributed by atoms with Crippen molar-refractivity contribution in [3.8, 4) is 28.0 Å². The molecule has 0 atom stereocenters. The van der Waals surface area contributed by atoms with E-state index in [1.54, 1.807) is 18.2 Å². The maximum Gasteiger partial charge on any atom is 0.405 e. The normalized spacial score (nSPS) is 11.9. The van der Waals surface area contributed by atoms with Crippen LogP contribution in [0.1, 0.15) is 0 Å². The van der Waals surface area contributed by atoms with Gasteiger partial charge in [-0.15, -0.1) is 0 Å². The van der Waals surface area contributed by atoms with Gasteiger partial charge in [-0.1, -0.05) is 29.5 Å². The molecule has 37 heavy (non-hydrogen) atoms. The molecule has 0 saturated heterocycles. The number of aromatic nitrogens is 3. The summed E-state index contributed by atoms with van der Waals surface area (Å²) in [6, 6.07) is 11.9. The van der Waals surface area contributed by atoms with E-state index in [4.69, 9.17) is 5.73 Å². The second kappa shape index (κ2) is 9.32. The Morgan fingerprint density at radius 2 is 1.78 bits per heavy atom. The summed E-state index contributed by atoms with van der Waals surface area (Å²) < 4.78 is 70.0. The molecule has 13 heteroatoms. The summed E-state index contributed by atoms with van der Waals surface area (Å²) in [5.74, 6) is -0.210. The third-order valence-corrected chi connectivity index (χ3v) is 6.23. The van der Waals surface area contributed by atoms with Gasteiger partial charge in [0.05, 0.1) is 15.8 Å². The van der Waals surface area contributed by atoms with Crippen LogP contribution in [0.5, 0.6) is 5.75 Å². The fourth-order valence-electron chi connectivity index (χ4n) is 3.82. The molecule has 5 rings (SSSR count). The number of hydrogen-bond donors (Lipinski definition) is 2. The van der Waals surface area contributed by atoms with E-state index in [9.17, 15) is 26.7 Å². The molecule has 7 nitrogen and oxygen atoms in total. The number of hydrogen-bond acceptors (Lipinski definition) is 7. The maximum atomic E-state index is 13.8. The third-order valence-electron chi connectivity index (χ3n) is 5.38. The first-order valence-corrected chi connectivity index (χ1v) is 11.5. The molecule has 0 aliphatic heterocycles. The van der Waals surface area contributed by atoms with Crippen LogP contribution in [0.25, 0.3) is 38.1 Å². The highest BCUT2D eigenvalue weighted by Crippen LogP contribution is 2.31. The molecular formula is C24H16F5N5O2S. The topological polar surface area (TPSA) is 94.5 Å². The summed E-state index contributed by atoms with van der Waals surface area (Å²) in [5.41, 5.74) is 7.31. The van der Waals surface area contributed by atoms with Gasteiger partial charge in [-0.2, -0.15) is 22.0 Å². The van der Waals surface area contributed by atoms with Crippen LogP contribution >= 0.6 is 11.3 Å². The number of nitrogens with zero attached hydrogens (tertiary/aromatic N) is 3. The summed E-state index contributed by atoms with van der Waals surface area (Å²) in [6.45, 7) is -4.34. The second-order valence-electron chi connectivity index (χ2n) is 7.90. The standard InChI is InChI=1S/C24H16F5N5O2S/c25-22(26)36-14-4-1-12(2-5-14)19-20(35)15(13-3-6-16-17(9-13)37-23(30)32-16)10-34-8-7-18(33-21(19)34)31-11-24(27,28)29/h1-10,22H,11H2,(H2,30,32)(H,31,33). The SMILES string of the molecule is Nc1nc2ccc(-c3cn4ccc(NCC(F)(F)F)nc4c(-c4ccc(OC(F)F)cc4)c3=O)cc2s1. The van der Waals surface area contributed by atoms with Crippen LogP contribution in [0.2, 0.25) is 0 Å². The fourth-order valence-corrected chi connectivity index (χ4v) is 4.60. The third kappa shape index (κ3) is 5.16. The number of alkyl halides is 5. The summed E-state index contributed by atoms with van der Waals surface area (Å²) in [6.07, 6.45) is -1.47. The summed E-state index contributed by atoms with van der Waals surface area (Å²) in [4.78, 5) is 22.2. The number of fused-ring (bicyclic) bond motifs is 2. The Morgan fingerprint density at radius 3 is 2.49 bits per heavy atom. The first-order chi connectivity index (χ1) is 17.6. The first kappa shape index (κ1) is 24.4. The van der Waals surface area contributed by atoms with Gasteiger partial charge in [-0.25, -0.2) is 9.97 Å². The summed E-state index contributed by atoms with van der Waals surface area (Å²) in [5, 5.41) is 2.57. The van der Waals surface area contributed by atoms with Crippen LogP contribution in [0.15, 0.2) is 65.7 Å². The lowest BCUT2D eigenvalue weighted by molar-refractivity contribution is -0.115. The van der Waals surface area contributed by atoms with Crippen molar-refractivity contribution >= 4 is 38.2 Å². The number of anilines is 2. The van der Waals surface area contributed by atoms with Crippen LogP contribution in [0.3, 0.4) is 0 Å². The Kier molecular flexibility index (Phi) is 6.15. The average Bonchev–Trinajstić information content (AvgIpc) is 3.21. The molecule has 0 saturated carbocycles. The zero-order valence-electron chi connectivity index (χ0n) is 18.6. The predicted octanol–water partition coefficient (Wildman–Crippen LogP) is 5.80. The molecule has 0 fully saturated rings. The van der Waals surface area contributed by atoms with E-state index >= 15 is 0 Å². The fraction of sp³-hybridized carbons (Fsp3) is 0.125. The number of nitrogens with one attached hydrogen (secondary N) is 1. The van der Waals surface area contributed by atoms with Gasteiger partial charge in [0.15, 0.2) is 16.2 Å². The molecule has 0 bridgehead atoms. The van der Waals surface area contributed by atoms with Gasteiger partial charge in [-0.3, -0.25) is 4.79 Å². The number of thiazole rings is 1. The molecule has 0 unspecified atom stereocenters. The zero-order chi connectivity index (χ0) is 26.3. The van der Waals surface area contributed by atoms with Crippen molar-refractivity contribution < 1.29 is 26.7 Å². The number of pyridine rings is 1. The van der Waals surface area contributed by atoms with Gasteiger partial charge < -0.3 is 20.2 Å². The molecule has 5 aromatic rings. The molecular weight excluding hydrogens is 517 g/mol. The zero-order valence-corrected chi connectivity index (χ0v) is 19.4. The van der Waals surface area contributed by atoms with E-state index in [-0.39, 0.29) is 28.3 Å². The number of halogens is 5. The smallest absolute Gasteiger partial charge is 0.405 e. The monoisotopic (exact) mass is 533 g/mol. The molecule has 3 aromatic heterocycles. The van der Waals surface area contributed by atoms with Gasteiger partial charge >= 0.3 is 12.8 Å². The van der Waals surface area contributed by atoms with E-state index < -0.39 is 24.8 Å². The van der Waals surface area contributed by atoms with Crippen LogP contribution in [-0.4, -0.2) is 33.7 Å². The number of nitrogens with two attached hydrogens (primary N) is 1. The van der Waals surface area contributed by atoms with E-state index in [1.807, 2.05) is 0 Å². The van der Waals surface area contributed by atoms with Gasteiger partial charge in [0.25, 0.3) is 0 Å². The van der Waals surface area contributed by atoms with E-state index in [1.165, 1.54) is 58.5 Å². The minimum Gasteiger partial charge on any atom is -0.435 e. The van der Waals surface area contributed by atoms with Gasteiger partial charge in [0, 0.05) is 18.0 Å². The molecule has 0 radical (unpaired) electrons. The minimum absolute atomic E-state index is 0.0701. The lowest BCUT2D eigenvalue weighted by atomic mass is 10.00. The Balaban J connectivity index is 1.69. The number of nitrogen functional groups attached to an aromatic ring is 1. The molecule has 3 heterocycles. The Bertz CT molecular complexity index is 1670. The lowest BCUT2D eigenvalue weighted by Gasteiger charge is -2.14. The van der Waals surface area contributed by atoms with Crippen LogP contribution in [0, 0.1) is 0 Å². The number of rotatable bonds is 6. The maximum absolute atomic E-state index is 13.8. The largest absolute Gasteiger partial charge is 0.435 e. The van der Waals surface area contributed by atoms with Crippen LogP contribution in [-0.2, 0) is 0 Å². The number of ether oxygens (including phenoxy) is 1. The Morgan fingerprint density at radius 1 is 1.05 bits per heavy atom. The van der Waals surface area contributed by atoms with Gasteiger partial charge in [0.2, 0.25) is 0 Å². The quantitative estimate of drug-likeness (QED) is 0.268. The molecule has 0 aliphatic rings. The molecule has 0 aliphatic carbocycles. The van der Waals surface area contributed by atoms with Crippen molar-refractivity contribution in [3.05, 3.63) is 71.1 Å². The van der Waals surface area contributed by atoms with Gasteiger partial charge in [0.1, 0.15) is 18.1 Å². The van der Waals surface area contributed by atoms with Crippen molar-refractivity contribution in [2.75, 3.05) is 17.6 Å². The highest BCUT2D eigenvalue weighted by atomic mass is 32.1. The average molecular weight is 533 g/mol. The van der Waals surface area contributed by atoms with Crippen LogP contribution in [0.4, 0.5) is 32.9 Å². The Labute approximate surface area is 209 Å². The molecule has 190 valence electrons. The molecule has 3 N–H and O–H groups in total. The summed E-state index contributed by atoms with van der Waals surface area (Å²) in [7, 11) is 0. The van der Waals surface area contributed by atoms with Crippen molar-refractivity contribution in [2.45, 2.75) is 12.8 Å². The molecule has 0 amide bonds. The van der Waals surface area contributed by atoms with E-state index in [0.29, 0.717) is 21.8 Å². The van der Waals surface area contributed by atoms with Crippen molar-refractivity contribution in [1.82, 2.24) is 14.4 Å². The van der Waals surface area contributed by atoms with Gasteiger partial charge in [-0.05, 0) is 41.5 Å². The predicted molar refractivity (Wildman–Crippen MR) is 131 cm³/mol. The minimum atomic E-state index is -4.47. The van der Waals surface area contributed by atoms with Crippen molar-refractivity contribution in [1.29, 1.82) is 0 Å². The highest BCUT2D eigenvalue weighted by Gasteiger charge is 2.27. The summed E-state index contributed by atoms with van der Waals surface area (Å²) >= 11 is 1.26. The first-order valence-electron chi connectivity index (χ1n) is 10.7. The highest BCUT2D eigenvalue weighted by molar-refractivity contribution is 7.22.